The van der Waals surface area contributed by atoms with E-state index in [1.165, 1.54) is 17.3 Å². The summed E-state index contributed by atoms with van der Waals surface area (Å²) in [6.45, 7) is 2.58. The third kappa shape index (κ3) is 5.52. The molecular weight excluding hydrogens is 406 g/mol. The van der Waals surface area contributed by atoms with Gasteiger partial charge in [-0.15, -0.1) is 10.2 Å². The van der Waals surface area contributed by atoms with Crippen molar-refractivity contribution >= 4 is 29.0 Å². The largest absolute Gasteiger partial charge is 0.378 e. The monoisotopic (exact) mass is 429 g/mol. The zero-order valence-corrected chi connectivity index (χ0v) is 18.0. The predicted octanol–water partition coefficient (Wildman–Crippen LogP) is 4.92. The number of hydrogen-bond acceptors (Lipinski definition) is 5. The van der Waals surface area contributed by atoms with Crippen LogP contribution in [-0.2, 0) is 11.3 Å². The van der Waals surface area contributed by atoms with E-state index in [0.29, 0.717) is 11.7 Å². The minimum Gasteiger partial charge on any atom is -0.378 e. The summed E-state index contributed by atoms with van der Waals surface area (Å²) in [4.78, 5) is 12.4. The van der Waals surface area contributed by atoms with Crippen molar-refractivity contribution in [3.8, 4) is 5.69 Å². The van der Waals surface area contributed by atoms with E-state index in [2.05, 4.69) is 39.9 Å². The Balaban J connectivity index is 1.50. The van der Waals surface area contributed by atoms with Crippen LogP contribution < -0.4 is 10.6 Å². The van der Waals surface area contributed by atoms with Crippen LogP contribution in [0.5, 0.6) is 0 Å². The Morgan fingerprint density at radius 1 is 0.903 bits per heavy atom. The summed E-state index contributed by atoms with van der Waals surface area (Å²) in [6.07, 6.45) is 0. The molecule has 3 aromatic carbocycles. The Morgan fingerprint density at radius 3 is 2.35 bits per heavy atom. The Kier molecular flexibility index (Phi) is 6.64. The first kappa shape index (κ1) is 20.7. The van der Waals surface area contributed by atoms with Crippen molar-refractivity contribution in [1.29, 1.82) is 0 Å². The molecule has 6 nitrogen and oxygen atoms in total. The lowest BCUT2D eigenvalue weighted by molar-refractivity contribution is -0.113. The number of nitrogens with zero attached hydrogens (tertiary/aromatic N) is 3. The van der Waals surface area contributed by atoms with Gasteiger partial charge in [0, 0.05) is 17.1 Å². The Labute approximate surface area is 185 Å². The molecule has 4 rings (SSSR count). The average molecular weight is 430 g/mol. The van der Waals surface area contributed by atoms with Gasteiger partial charge in [0.1, 0.15) is 0 Å². The van der Waals surface area contributed by atoms with E-state index in [9.17, 15) is 4.79 Å². The van der Waals surface area contributed by atoms with Crippen molar-refractivity contribution < 1.29 is 4.79 Å². The normalized spacial score (nSPS) is 10.6. The molecule has 0 aliphatic carbocycles. The van der Waals surface area contributed by atoms with Gasteiger partial charge < -0.3 is 10.6 Å². The van der Waals surface area contributed by atoms with E-state index < -0.39 is 0 Å². The lowest BCUT2D eigenvalue weighted by Crippen LogP contribution is -2.14. The summed E-state index contributed by atoms with van der Waals surface area (Å²) in [5.74, 6) is 0.933. The van der Waals surface area contributed by atoms with Crippen LogP contribution in [0, 0.1) is 6.92 Å². The summed E-state index contributed by atoms with van der Waals surface area (Å²) in [5.41, 5.74) is 3.95. The quantitative estimate of drug-likeness (QED) is 0.389. The van der Waals surface area contributed by atoms with E-state index in [1.807, 2.05) is 77.4 Å². The smallest absolute Gasteiger partial charge is 0.234 e. The van der Waals surface area contributed by atoms with Crippen molar-refractivity contribution in [2.45, 2.75) is 18.6 Å². The third-order valence-electron chi connectivity index (χ3n) is 4.57. The molecule has 7 heteroatoms. The maximum atomic E-state index is 12.4. The molecule has 0 bridgehead atoms. The third-order valence-corrected chi connectivity index (χ3v) is 5.50. The molecule has 0 unspecified atom stereocenters. The highest BCUT2D eigenvalue weighted by molar-refractivity contribution is 7.99. The van der Waals surface area contributed by atoms with E-state index in [1.54, 1.807) is 0 Å². The fourth-order valence-corrected chi connectivity index (χ4v) is 3.90. The molecule has 0 fully saturated rings. The first-order valence-corrected chi connectivity index (χ1v) is 11.0. The second-order valence-electron chi connectivity index (χ2n) is 7.00. The molecule has 1 amide bonds. The van der Waals surface area contributed by atoms with Gasteiger partial charge in [0.05, 0.1) is 12.3 Å². The second kappa shape index (κ2) is 9.95. The first-order valence-electron chi connectivity index (χ1n) is 9.97. The van der Waals surface area contributed by atoms with Gasteiger partial charge in [-0.2, -0.15) is 0 Å². The molecule has 31 heavy (non-hydrogen) atoms. The van der Waals surface area contributed by atoms with Crippen LogP contribution in [0.3, 0.4) is 0 Å². The van der Waals surface area contributed by atoms with Gasteiger partial charge in [0.2, 0.25) is 5.91 Å². The van der Waals surface area contributed by atoms with Crippen molar-refractivity contribution in [3.05, 3.63) is 96.3 Å². The number of nitrogens with one attached hydrogen (secondary N) is 2. The van der Waals surface area contributed by atoms with Gasteiger partial charge in [-0.1, -0.05) is 60.3 Å². The summed E-state index contributed by atoms with van der Waals surface area (Å²) < 4.78 is 1.99. The number of benzene rings is 3. The van der Waals surface area contributed by atoms with Crippen LogP contribution in [0.2, 0.25) is 0 Å². The SMILES string of the molecule is Cc1cccc(NCc2nnc(SCC(=O)Nc3ccccc3)n2-c2ccccc2)c1. The van der Waals surface area contributed by atoms with Crippen molar-refractivity contribution in [3.63, 3.8) is 0 Å². The Morgan fingerprint density at radius 2 is 1.61 bits per heavy atom. The van der Waals surface area contributed by atoms with Crippen LogP contribution >= 0.6 is 11.8 Å². The van der Waals surface area contributed by atoms with E-state index in [4.69, 9.17) is 0 Å². The number of aromatic nitrogens is 3. The Bertz CT molecular complexity index is 1150. The van der Waals surface area contributed by atoms with Crippen molar-refractivity contribution in [2.24, 2.45) is 0 Å². The molecule has 156 valence electrons. The molecule has 0 aliphatic heterocycles. The van der Waals surface area contributed by atoms with Crippen LogP contribution in [0.15, 0.2) is 90.1 Å². The molecule has 0 atom stereocenters. The van der Waals surface area contributed by atoms with E-state index >= 15 is 0 Å². The summed E-state index contributed by atoms with van der Waals surface area (Å²) >= 11 is 1.36. The lowest BCUT2D eigenvalue weighted by atomic mass is 10.2. The van der Waals surface area contributed by atoms with Gasteiger partial charge in [0.25, 0.3) is 0 Å². The zero-order valence-electron chi connectivity index (χ0n) is 17.2. The summed E-state index contributed by atoms with van der Waals surface area (Å²) in [5, 5.41) is 15.7. The molecule has 1 heterocycles. The molecular formula is C24H23N5OS. The van der Waals surface area contributed by atoms with E-state index in [-0.39, 0.29) is 11.7 Å². The number of para-hydroxylation sites is 2. The minimum absolute atomic E-state index is 0.0850. The van der Waals surface area contributed by atoms with Crippen molar-refractivity contribution in [2.75, 3.05) is 16.4 Å². The van der Waals surface area contributed by atoms with Crippen LogP contribution in [0.25, 0.3) is 5.69 Å². The predicted molar refractivity (Wildman–Crippen MR) is 126 cm³/mol. The molecule has 0 spiro atoms. The molecule has 1 aromatic heterocycles. The highest BCUT2D eigenvalue weighted by Crippen LogP contribution is 2.23. The lowest BCUT2D eigenvalue weighted by Gasteiger charge is -2.12. The van der Waals surface area contributed by atoms with Crippen LogP contribution in [0.1, 0.15) is 11.4 Å². The summed E-state index contributed by atoms with van der Waals surface area (Å²) in [7, 11) is 0. The van der Waals surface area contributed by atoms with Gasteiger partial charge in [-0.25, -0.2) is 0 Å². The molecule has 0 aliphatic rings. The maximum Gasteiger partial charge on any atom is 0.234 e. The number of amides is 1. The highest BCUT2D eigenvalue weighted by atomic mass is 32.2. The van der Waals surface area contributed by atoms with Gasteiger partial charge in [0.15, 0.2) is 11.0 Å². The molecule has 0 radical (unpaired) electrons. The fraction of sp³-hybridized carbons (Fsp3) is 0.125. The average Bonchev–Trinajstić information content (AvgIpc) is 3.20. The molecule has 2 N–H and O–H groups in total. The van der Waals surface area contributed by atoms with Gasteiger partial charge in [-0.05, 0) is 48.9 Å². The molecule has 0 saturated carbocycles. The number of thioether (sulfide) groups is 1. The minimum atomic E-state index is -0.0850. The highest BCUT2D eigenvalue weighted by Gasteiger charge is 2.16. The van der Waals surface area contributed by atoms with Crippen LogP contribution in [0.4, 0.5) is 11.4 Å². The number of hydrogen-bond donors (Lipinski definition) is 2. The van der Waals surface area contributed by atoms with Gasteiger partial charge in [-0.3, -0.25) is 9.36 Å². The summed E-state index contributed by atoms with van der Waals surface area (Å²) in [6, 6.07) is 27.6. The molecule has 0 saturated heterocycles. The first-order chi connectivity index (χ1) is 15.2. The topological polar surface area (TPSA) is 71.8 Å². The zero-order chi connectivity index (χ0) is 21.5. The van der Waals surface area contributed by atoms with E-state index in [0.717, 1.165) is 22.9 Å². The second-order valence-corrected chi connectivity index (χ2v) is 7.94. The van der Waals surface area contributed by atoms with Crippen molar-refractivity contribution in [1.82, 2.24) is 14.8 Å². The number of carbonyl (C=O) groups excluding carboxylic acids is 1. The standard InChI is InChI=1S/C24H23N5OS/c1-18-9-8-12-20(15-18)25-16-22-27-28-24(29(22)21-13-6-3-7-14-21)31-17-23(30)26-19-10-4-2-5-11-19/h2-15,25H,16-17H2,1H3,(H,26,30). The number of anilines is 2. The van der Waals surface area contributed by atoms with Gasteiger partial charge >= 0.3 is 0 Å². The molecule has 4 aromatic rings. The number of rotatable bonds is 8. The van der Waals surface area contributed by atoms with Crippen LogP contribution in [-0.4, -0.2) is 26.4 Å². The fourth-order valence-electron chi connectivity index (χ4n) is 3.13. The Hall–Kier alpha value is -3.58. The number of carbonyl (C=O) groups is 1. The number of aryl methyl sites for hydroxylation is 1. The maximum absolute atomic E-state index is 12.4.